The van der Waals surface area contributed by atoms with E-state index >= 15 is 0 Å². The van der Waals surface area contributed by atoms with E-state index in [1.54, 1.807) is 0 Å². The van der Waals surface area contributed by atoms with Gasteiger partial charge in [-0.2, -0.15) is 0 Å². The molecule has 2 aliphatic rings. The Morgan fingerprint density at radius 1 is 0.938 bits per heavy atom. The van der Waals surface area contributed by atoms with E-state index in [-0.39, 0.29) is 0 Å². The fraction of sp³-hybridized carbons (Fsp3) is 1.00. The van der Waals surface area contributed by atoms with Gasteiger partial charge in [0.05, 0.1) is 0 Å². The van der Waals surface area contributed by atoms with Crippen LogP contribution in [0, 0.1) is 5.92 Å². The summed E-state index contributed by atoms with van der Waals surface area (Å²) in [6, 6.07) is 0.844. The van der Waals surface area contributed by atoms with Gasteiger partial charge >= 0.3 is 0 Å². The zero-order chi connectivity index (χ0) is 11.2. The first-order chi connectivity index (χ1) is 7.86. The molecule has 1 N–H and O–H groups in total. The summed E-state index contributed by atoms with van der Waals surface area (Å²) in [6.07, 6.45) is 11.5. The fourth-order valence-electron chi connectivity index (χ4n) is 3.37. The molecule has 1 aliphatic carbocycles. The molecular formula is C14H28N2. The van der Waals surface area contributed by atoms with E-state index in [2.05, 4.69) is 17.3 Å². The van der Waals surface area contributed by atoms with Crippen molar-refractivity contribution in [1.29, 1.82) is 0 Å². The van der Waals surface area contributed by atoms with Gasteiger partial charge in [0, 0.05) is 12.6 Å². The lowest BCUT2D eigenvalue weighted by molar-refractivity contribution is 0.171. The number of hydrogen-bond donors (Lipinski definition) is 1. The average molecular weight is 224 g/mol. The first-order valence-electron chi connectivity index (χ1n) is 7.27. The molecule has 0 aromatic carbocycles. The summed E-state index contributed by atoms with van der Waals surface area (Å²) in [5, 5.41) is 3.51. The molecule has 0 aromatic rings. The molecule has 0 bridgehead atoms. The molecule has 1 atom stereocenters. The minimum absolute atomic E-state index is 0.844. The Bertz CT molecular complexity index is 179. The maximum absolute atomic E-state index is 3.51. The molecular weight excluding hydrogens is 196 g/mol. The maximum atomic E-state index is 3.51. The molecule has 2 heteroatoms. The quantitative estimate of drug-likeness (QED) is 0.793. The average Bonchev–Trinajstić information content (AvgIpc) is 2.59. The molecule has 16 heavy (non-hydrogen) atoms. The molecule has 1 heterocycles. The zero-order valence-corrected chi connectivity index (χ0v) is 10.9. The second-order valence-corrected chi connectivity index (χ2v) is 5.78. The summed E-state index contributed by atoms with van der Waals surface area (Å²) >= 11 is 0. The van der Waals surface area contributed by atoms with Crippen LogP contribution in [-0.2, 0) is 0 Å². The monoisotopic (exact) mass is 224 g/mol. The van der Waals surface area contributed by atoms with Crippen LogP contribution in [0.2, 0.25) is 0 Å². The summed E-state index contributed by atoms with van der Waals surface area (Å²) in [6.45, 7) is 3.80. The van der Waals surface area contributed by atoms with Crippen LogP contribution in [-0.4, -0.2) is 37.6 Å². The van der Waals surface area contributed by atoms with E-state index in [1.165, 1.54) is 71.0 Å². The third-order valence-electron chi connectivity index (χ3n) is 4.44. The van der Waals surface area contributed by atoms with Gasteiger partial charge in [-0.05, 0) is 58.2 Å². The highest BCUT2D eigenvalue weighted by atomic mass is 15.1. The first kappa shape index (κ1) is 12.4. The van der Waals surface area contributed by atoms with Crippen molar-refractivity contribution in [3.8, 4) is 0 Å². The predicted molar refractivity (Wildman–Crippen MR) is 69.7 cm³/mol. The van der Waals surface area contributed by atoms with Crippen LogP contribution >= 0.6 is 0 Å². The Morgan fingerprint density at radius 3 is 2.56 bits per heavy atom. The number of nitrogens with one attached hydrogen (secondary N) is 1. The third-order valence-corrected chi connectivity index (χ3v) is 4.44. The van der Waals surface area contributed by atoms with Crippen LogP contribution in [0.4, 0.5) is 0 Å². The maximum Gasteiger partial charge on any atom is 0.0105 e. The molecule has 2 nitrogen and oxygen atoms in total. The van der Waals surface area contributed by atoms with Crippen LogP contribution in [0.3, 0.4) is 0 Å². The Morgan fingerprint density at radius 2 is 1.75 bits per heavy atom. The lowest BCUT2D eigenvalue weighted by Gasteiger charge is -2.32. The van der Waals surface area contributed by atoms with Crippen LogP contribution in [0.15, 0.2) is 0 Å². The van der Waals surface area contributed by atoms with Crippen molar-refractivity contribution in [1.82, 2.24) is 10.2 Å². The summed E-state index contributed by atoms with van der Waals surface area (Å²) in [5.41, 5.74) is 0. The molecule has 94 valence electrons. The van der Waals surface area contributed by atoms with Crippen molar-refractivity contribution in [2.45, 2.75) is 57.4 Å². The second kappa shape index (κ2) is 6.61. The van der Waals surface area contributed by atoms with Crippen molar-refractivity contribution in [3.63, 3.8) is 0 Å². The molecule has 1 unspecified atom stereocenters. The van der Waals surface area contributed by atoms with Crippen molar-refractivity contribution in [2.75, 3.05) is 26.7 Å². The molecule has 2 fully saturated rings. The van der Waals surface area contributed by atoms with E-state index in [1.807, 2.05) is 0 Å². The van der Waals surface area contributed by atoms with Gasteiger partial charge in [-0.15, -0.1) is 0 Å². The van der Waals surface area contributed by atoms with Gasteiger partial charge in [-0.25, -0.2) is 0 Å². The summed E-state index contributed by atoms with van der Waals surface area (Å²) in [7, 11) is 2.35. The highest BCUT2D eigenvalue weighted by molar-refractivity contribution is 4.77. The van der Waals surface area contributed by atoms with Gasteiger partial charge in [-0.1, -0.05) is 19.3 Å². The van der Waals surface area contributed by atoms with Crippen LogP contribution in [0.5, 0.6) is 0 Å². The van der Waals surface area contributed by atoms with Crippen LogP contribution in [0.1, 0.15) is 51.4 Å². The Balaban J connectivity index is 1.74. The van der Waals surface area contributed by atoms with Crippen LogP contribution in [0.25, 0.3) is 0 Å². The van der Waals surface area contributed by atoms with Gasteiger partial charge < -0.3 is 10.2 Å². The van der Waals surface area contributed by atoms with Crippen LogP contribution < -0.4 is 5.32 Å². The Kier molecular flexibility index (Phi) is 5.11. The molecule has 1 saturated heterocycles. The topological polar surface area (TPSA) is 15.3 Å². The van der Waals surface area contributed by atoms with Gasteiger partial charge in [0.1, 0.15) is 0 Å². The molecule has 0 amide bonds. The summed E-state index contributed by atoms with van der Waals surface area (Å²) in [5.74, 6) is 0.995. The predicted octanol–water partition coefficient (Wildman–Crippen LogP) is 2.64. The summed E-state index contributed by atoms with van der Waals surface area (Å²) in [4.78, 5) is 2.66. The first-order valence-corrected chi connectivity index (χ1v) is 7.27. The molecule has 1 saturated carbocycles. The van der Waals surface area contributed by atoms with Gasteiger partial charge in [0.15, 0.2) is 0 Å². The van der Waals surface area contributed by atoms with Gasteiger partial charge in [-0.3, -0.25) is 0 Å². The third kappa shape index (κ3) is 3.74. The highest BCUT2D eigenvalue weighted by Crippen LogP contribution is 2.25. The molecule has 1 aliphatic heterocycles. The second-order valence-electron chi connectivity index (χ2n) is 5.78. The van der Waals surface area contributed by atoms with Gasteiger partial charge in [0.25, 0.3) is 0 Å². The van der Waals surface area contributed by atoms with Crippen molar-refractivity contribution in [2.24, 2.45) is 5.92 Å². The molecule has 0 radical (unpaired) electrons. The van der Waals surface area contributed by atoms with Gasteiger partial charge in [0.2, 0.25) is 0 Å². The SMILES string of the molecule is CN(CC1CCCCC1)C1CCCNCC1. The fourth-order valence-corrected chi connectivity index (χ4v) is 3.37. The lowest BCUT2D eigenvalue weighted by Crippen LogP contribution is -2.36. The normalized spacial score (nSPS) is 29.2. The highest BCUT2D eigenvalue weighted by Gasteiger charge is 2.21. The number of rotatable bonds is 3. The molecule has 0 spiro atoms. The summed E-state index contributed by atoms with van der Waals surface area (Å²) < 4.78 is 0. The lowest BCUT2D eigenvalue weighted by atomic mass is 9.88. The smallest absolute Gasteiger partial charge is 0.0105 e. The van der Waals surface area contributed by atoms with E-state index in [9.17, 15) is 0 Å². The zero-order valence-electron chi connectivity index (χ0n) is 10.9. The van der Waals surface area contributed by atoms with Crippen molar-refractivity contribution < 1.29 is 0 Å². The number of hydrogen-bond acceptors (Lipinski definition) is 2. The van der Waals surface area contributed by atoms with Crippen molar-refractivity contribution in [3.05, 3.63) is 0 Å². The minimum Gasteiger partial charge on any atom is -0.317 e. The Hall–Kier alpha value is -0.0800. The molecule has 0 aromatic heterocycles. The van der Waals surface area contributed by atoms with E-state index in [4.69, 9.17) is 0 Å². The number of nitrogens with zero attached hydrogens (tertiary/aromatic N) is 1. The van der Waals surface area contributed by atoms with E-state index < -0.39 is 0 Å². The standard InChI is InChI=1S/C14H28N2/c1-16(12-13-6-3-2-4-7-13)14-8-5-10-15-11-9-14/h13-15H,2-12H2,1H3. The van der Waals surface area contributed by atoms with Crippen molar-refractivity contribution >= 4 is 0 Å². The van der Waals surface area contributed by atoms with E-state index in [0.29, 0.717) is 0 Å². The Labute approximate surface area is 101 Å². The largest absolute Gasteiger partial charge is 0.317 e. The minimum atomic E-state index is 0.844. The molecule has 2 rings (SSSR count). The van der Waals surface area contributed by atoms with E-state index in [0.717, 1.165) is 12.0 Å².